The number of ether oxygens (including phenoxy) is 1. The molecule has 1 unspecified atom stereocenters. The van der Waals surface area contributed by atoms with E-state index in [2.05, 4.69) is 0 Å². The summed E-state index contributed by atoms with van der Waals surface area (Å²) in [5.41, 5.74) is 7.38. The molecule has 1 aromatic rings. The summed E-state index contributed by atoms with van der Waals surface area (Å²) in [4.78, 5) is 0. The van der Waals surface area contributed by atoms with Crippen molar-refractivity contribution in [3.05, 3.63) is 34.9 Å². The highest BCUT2D eigenvalue weighted by molar-refractivity contribution is 6.31. The van der Waals surface area contributed by atoms with Gasteiger partial charge in [-0.05, 0) is 43.7 Å². The smallest absolute Gasteiger partial charge is 0.0693 e. The molecule has 17 heavy (non-hydrogen) atoms. The number of benzene rings is 1. The number of hydrogen-bond donors (Lipinski definition) is 1. The van der Waals surface area contributed by atoms with Gasteiger partial charge in [-0.25, -0.2) is 0 Å². The van der Waals surface area contributed by atoms with Crippen molar-refractivity contribution < 1.29 is 4.74 Å². The van der Waals surface area contributed by atoms with E-state index in [1.165, 1.54) is 6.42 Å². The first-order valence-corrected chi connectivity index (χ1v) is 6.57. The maximum Gasteiger partial charge on any atom is 0.0693 e. The van der Waals surface area contributed by atoms with Crippen LogP contribution in [0.25, 0.3) is 0 Å². The minimum atomic E-state index is 0.0423. The van der Waals surface area contributed by atoms with Crippen molar-refractivity contribution in [3.63, 3.8) is 0 Å². The molecule has 1 atom stereocenters. The van der Waals surface area contributed by atoms with Crippen LogP contribution in [0.4, 0.5) is 0 Å². The second kappa shape index (κ2) is 5.38. The van der Waals surface area contributed by atoms with Crippen LogP contribution >= 0.6 is 11.6 Å². The van der Waals surface area contributed by atoms with Gasteiger partial charge in [-0.1, -0.05) is 29.8 Å². The van der Waals surface area contributed by atoms with Crippen molar-refractivity contribution in [3.8, 4) is 0 Å². The Labute approximate surface area is 108 Å². The lowest BCUT2D eigenvalue weighted by atomic mass is 9.75. The third kappa shape index (κ3) is 3.01. The molecule has 3 heteroatoms. The number of hydrogen-bond acceptors (Lipinski definition) is 2. The fraction of sp³-hybridized carbons (Fsp3) is 0.571. The second-order valence-corrected chi connectivity index (χ2v) is 5.41. The number of rotatable bonds is 5. The standard InChI is InChI=1S/C14H20ClNO/c1-17-14(7-4-8-14)10-12(16)9-11-5-2-3-6-13(11)15/h2-3,5-6,12H,4,7-10,16H2,1H3. The highest BCUT2D eigenvalue weighted by Gasteiger charge is 2.38. The van der Waals surface area contributed by atoms with Crippen LogP contribution in [0.5, 0.6) is 0 Å². The Kier molecular flexibility index (Phi) is 4.08. The molecule has 2 N–H and O–H groups in total. The molecule has 1 aliphatic carbocycles. The third-order valence-corrected chi connectivity index (χ3v) is 4.14. The Morgan fingerprint density at radius 3 is 2.65 bits per heavy atom. The fourth-order valence-electron chi connectivity index (χ4n) is 2.56. The first-order chi connectivity index (χ1) is 8.15. The molecule has 0 saturated heterocycles. The van der Waals surface area contributed by atoms with Gasteiger partial charge in [-0.3, -0.25) is 0 Å². The highest BCUT2D eigenvalue weighted by atomic mass is 35.5. The molecule has 2 nitrogen and oxygen atoms in total. The molecule has 0 aromatic heterocycles. The van der Waals surface area contributed by atoms with E-state index in [0.29, 0.717) is 0 Å². The van der Waals surface area contributed by atoms with Crippen molar-refractivity contribution in [2.75, 3.05) is 7.11 Å². The van der Waals surface area contributed by atoms with Gasteiger partial charge in [-0.2, -0.15) is 0 Å². The van der Waals surface area contributed by atoms with E-state index in [1.807, 2.05) is 24.3 Å². The van der Waals surface area contributed by atoms with Crippen molar-refractivity contribution in [1.29, 1.82) is 0 Å². The summed E-state index contributed by atoms with van der Waals surface area (Å²) in [5, 5.41) is 0.808. The van der Waals surface area contributed by atoms with E-state index < -0.39 is 0 Å². The van der Waals surface area contributed by atoms with E-state index in [0.717, 1.165) is 36.3 Å². The predicted molar refractivity (Wildman–Crippen MR) is 71.3 cm³/mol. The van der Waals surface area contributed by atoms with Gasteiger partial charge in [0.25, 0.3) is 0 Å². The molecule has 1 fully saturated rings. The van der Waals surface area contributed by atoms with E-state index >= 15 is 0 Å². The lowest BCUT2D eigenvalue weighted by Crippen LogP contribution is -2.45. The van der Waals surface area contributed by atoms with Crippen LogP contribution in [0.3, 0.4) is 0 Å². The zero-order valence-corrected chi connectivity index (χ0v) is 11.0. The molecule has 1 aromatic carbocycles. The molecule has 94 valence electrons. The Morgan fingerprint density at radius 2 is 2.12 bits per heavy atom. The van der Waals surface area contributed by atoms with E-state index in [1.54, 1.807) is 7.11 Å². The molecule has 0 spiro atoms. The minimum absolute atomic E-state index is 0.0423. The molecular formula is C14H20ClNO. The Balaban J connectivity index is 1.93. The van der Waals surface area contributed by atoms with Gasteiger partial charge in [0.1, 0.15) is 0 Å². The normalized spacial score (nSPS) is 19.7. The van der Waals surface area contributed by atoms with E-state index in [-0.39, 0.29) is 11.6 Å². The van der Waals surface area contributed by atoms with Crippen LogP contribution in [0, 0.1) is 0 Å². The van der Waals surface area contributed by atoms with Gasteiger partial charge in [-0.15, -0.1) is 0 Å². The quantitative estimate of drug-likeness (QED) is 0.875. The SMILES string of the molecule is COC1(CC(N)Cc2ccccc2Cl)CCC1. The Bertz CT molecular complexity index is 371. The van der Waals surface area contributed by atoms with Crippen molar-refractivity contribution in [2.24, 2.45) is 5.73 Å². The summed E-state index contributed by atoms with van der Waals surface area (Å²) in [6.45, 7) is 0. The summed E-state index contributed by atoms with van der Waals surface area (Å²) < 4.78 is 5.60. The van der Waals surface area contributed by atoms with Gasteiger partial charge < -0.3 is 10.5 Å². The third-order valence-electron chi connectivity index (χ3n) is 3.77. The minimum Gasteiger partial charge on any atom is -0.378 e. The zero-order chi connectivity index (χ0) is 12.3. The molecule has 1 aliphatic rings. The number of nitrogens with two attached hydrogens (primary N) is 1. The highest BCUT2D eigenvalue weighted by Crippen LogP contribution is 2.39. The average Bonchev–Trinajstić information content (AvgIpc) is 2.27. The summed E-state index contributed by atoms with van der Waals surface area (Å²) in [6.07, 6.45) is 5.28. The Hall–Kier alpha value is -0.570. The maximum absolute atomic E-state index is 6.21. The molecule has 2 rings (SSSR count). The fourth-order valence-corrected chi connectivity index (χ4v) is 2.77. The summed E-state index contributed by atoms with van der Waals surface area (Å²) >= 11 is 6.13. The van der Waals surface area contributed by atoms with E-state index in [4.69, 9.17) is 22.1 Å². The van der Waals surface area contributed by atoms with Gasteiger partial charge in [0.2, 0.25) is 0 Å². The van der Waals surface area contributed by atoms with Crippen LogP contribution in [-0.2, 0) is 11.2 Å². The van der Waals surface area contributed by atoms with Crippen LogP contribution in [0.2, 0.25) is 5.02 Å². The zero-order valence-electron chi connectivity index (χ0n) is 10.3. The van der Waals surface area contributed by atoms with Crippen LogP contribution in [-0.4, -0.2) is 18.8 Å². The lowest BCUT2D eigenvalue weighted by Gasteiger charge is -2.42. The average molecular weight is 254 g/mol. The van der Waals surface area contributed by atoms with Crippen LogP contribution in [0.1, 0.15) is 31.2 Å². The molecule has 0 heterocycles. The lowest BCUT2D eigenvalue weighted by molar-refractivity contribution is -0.0813. The topological polar surface area (TPSA) is 35.2 Å². The molecule has 0 radical (unpaired) electrons. The van der Waals surface area contributed by atoms with Gasteiger partial charge >= 0.3 is 0 Å². The maximum atomic E-state index is 6.21. The van der Waals surface area contributed by atoms with Gasteiger partial charge in [0.05, 0.1) is 5.60 Å². The molecular weight excluding hydrogens is 234 g/mol. The largest absolute Gasteiger partial charge is 0.378 e. The molecule has 0 amide bonds. The predicted octanol–water partition coefficient (Wildman–Crippen LogP) is 3.17. The van der Waals surface area contributed by atoms with E-state index in [9.17, 15) is 0 Å². The van der Waals surface area contributed by atoms with Gasteiger partial charge in [0.15, 0.2) is 0 Å². The molecule has 0 bridgehead atoms. The summed E-state index contributed by atoms with van der Waals surface area (Å²) in [7, 11) is 1.79. The molecule has 0 aliphatic heterocycles. The monoisotopic (exact) mass is 253 g/mol. The van der Waals surface area contributed by atoms with Gasteiger partial charge in [0, 0.05) is 18.2 Å². The molecule has 1 saturated carbocycles. The van der Waals surface area contributed by atoms with Crippen LogP contribution < -0.4 is 5.73 Å². The van der Waals surface area contributed by atoms with Crippen molar-refractivity contribution in [2.45, 2.75) is 43.7 Å². The number of halogens is 1. The van der Waals surface area contributed by atoms with Crippen molar-refractivity contribution >= 4 is 11.6 Å². The van der Waals surface area contributed by atoms with Crippen LogP contribution in [0.15, 0.2) is 24.3 Å². The number of methoxy groups -OCH3 is 1. The summed E-state index contributed by atoms with van der Waals surface area (Å²) in [6, 6.07) is 8.03. The van der Waals surface area contributed by atoms with Crippen molar-refractivity contribution in [1.82, 2.24) is 0 Å². The first kappa shape index (κ1) is 12.9. The second-order valence-electron chi connectivity index (χ2n) is 5.00. The summed E-state index contributed by atoms with van der Waals surface area (Å²) in [5.74, 6) is 0. The Morgan fingerprint density at radius 1 is 1.41 bits per heavy atom. The first-order valence-electron chi connectivity index (χ1n) is 6.19.